The van der Waals surface area contributed by atoms with Gasteiger partial charge in [-0.05, 0) is 25.5 Å². The highest BCUT2D eigenvalue weighted by molar-refractivity contribution is 5.93. The number of halogens is 3. The van der Waals surface area contributed by atoms with Crippen LogP contribution in [0.25, 0.3) is 0 Å². The van der Waals surface area contributed by atoms with Crippen molar-refractivity contribution in [3.63, 3.8) is 0 Å². The molecule has 0 heterocycles. The zero-order valence-corrected chi connectivity index (χ0v) is 11.9. The minimum Gasteiger partial charge on any atom is -0.456 e. The second kappa shape index (κ2) is 8.38. The topological polar surface area (TPSA) is 64.6 Å². The lowest BCUT2D eigenvalue weighted by Crippen LogP contribution is -2.24. The predicted octanol–water partition coefficient (Wildman–Crippen LogP) is 2.54. The van der Waals surface area contributed by atoms with Crippen LogP contribution in [0, 0.1) is 6.92 Å². The Labute approximate surface area is 125 Å². The van der Waals surface area contributed by atoms with Gasteiger partial charge in [0.25, 0.3) is 5.91 Å². The van der Waals surface area contributed by atoms with E-state index in [0.717, 1.165) is 5.56 Å². The summed E-state index contributed by atoms with van der Waals surface area (Å²) in [6, 6.07) is 6.79. The number of carbonyl (C=O) groups excluding carboxylic acids is 2. The van der Waals surface area contributed by atoms with E-state index in [9.17, 15) is 22.8 Å². The van der Waals surface area contributed by atoms with Crippen LogP contribution in [0.15, 0.2) is 24.3 Å². The quantitative estimate of drug-likeness (QED) is 0.476. The standard InChI is InChI=1S/C14H16F3NO4/c1-10-4-6-11(7-5-10)13(20)18-22-8-2-3-12(19)21-9-14(15,16)17/h4-7H,2-3,8-9H2,1H3,(H,18,20). The summed E-state index contributed by atoms with van der Waals surface area (Å²) in [5, 5.41) is 0. The van der Waals surface area contributed by atoms with E-state index in [1.165, 1.54) is 0 Å². The molecule has 0 spiro atoms. The lowest BCUT2D eigenvalue weighted by Gasteiger charge is -2.08. The van der Waals surface area contributed by atoms with Gasteiger partial charge in [-0.25, -0.2) is 5.48 Å². The van der Waals surface area contributed by atoms with Crippen molar-refractivity contribution in [2.24, 2.45) is 0 Å². The molecule has 1 aromatic carbocycles. The van der Waals surface area contributed by atoms with Gasteiger partial charge < -0.3 is 4.74 Å². The normalized spacial score (nSPS) is 11.1. The maximum atomic E-state index is 11.8. The van der Waals surface area contributed by atoms with Gasteiger partial charge in [-0.15, -0.1) is 0 Å². The van der Waals surface area contributed by atoms with E-state index in [1.54, 1.807) is 24.3 Å². The first-order chi connectivity index (χ1) is 10.3. The molecule has 1 amide bonds. The number of amides is 1. The Morgan fingerprint density at radius 1 is 1.18 bits per heavy atom. The summed E-state index contributed by atoms with van der Waals surface area (Å²) in [7, 11) is 0. The summed E-state index contributed by atoms with van der Waals surface area (Å²) >= 11 is 0. The number of hydroxylamine groups is 1. The van der Waals surface area contributed by atoms with Gasteiger partial charge in [0.1, 0.15) is 0 Å². The number of alkyl halides is 3. The minimum absolute atomic E-state index is 0.0152. The van der Waals surface area contributed by atoms with Gasteiger partial charge in [-0.2, -0.15) is 13.2 Å². The Hall–Kier alpha value is -2.09. The van der Waals surface area contributed by atoms with Crippen molar-refractivity contribution in [3.05, 3.63) is 35.4 Å². The molecule has 1 N–H and O–H groups in total. The summed E-state index contributed by atoms with van der Waals surface area (Å²) in [6.45, 7) is 0.269. The highest BCUT2D eigenvalue weighted by atomic mass is 19.4. The van der Waals surface area contributed by atoms with E-state index in [-0.39, 0.29) is 19.4 Å². The molecule has 1 rings (SSSR count). The third kappa shape index (κ3) is 7.63. The van der Waals surface area contributed by atoms with Crippen LogP contribution in [0.3, 0.4) is 0 Å². The van der Waals surface area contributed by atoms with Crippen molar-refractivity contribution in [1.29, 1.82) is 0 Å². The molecular formula is C14H16F3NO4. The molecule has 0 unspecified atom stereocenters. The molecule has 0 fully saturated rings. The number of nitrogens with one attached hydrogen (secondary N) is 1. The van der Waals surface area contributed by atoms with E-state index in [4.69, 9.17) is 4.84 Å². The largest absolute Gasteiger partial charge is 0.456 e. The summed E-state index contributed by atoms with van der Waals surface area (Å²) in [5.74, 6) is -1.41. The predicted molar refractivity (Wildman–Crippen MR) is 70.8 cm³/mol. The molecule has 5 nitrogen and oxygen atoms in total. The average molecular weight is 319 g/mol. The third-order valence-electron chi connectivity index (χ3n) is 2.50. The van der Waals surface area contributed by atoms with Crippen LogP contribution in [-0.4, -0.2) is 31.3 Å². The number of hydrogen-bond donors (Lipinski definition) is 1. The molecular weight excluding hydrogens is 303 g/mol. The maximum absolute atomic E-state index is 11.8. The molecule has 22 heavy (non-hydrogen) atoms. The highest BCUT2D eigenvalue weighted by Crippen LogP contribution is 2.14. The van der Waals surface area contributed by atoms with Gasteiger partial charge in [-0.3, -0.25) is 14.4 Å². The van der Waals surface area contributed by atoms with Crippen LogP contribution in [0.2, 0.25) is 0 Å². The number of aryl methyl sites for hydroxylation is 1. The van der Waals surface area contributed by atoms with E-state index in [0.29, 0.717) is 5.56 Å². The molecule has 0 aliphatic rings. The fraction of sp³-hybridized carbons (Fsp3) is 0.429. The van der Waals surface area contributed by atoms with Crippen LogP contribution >= 0.6 is 0 Å². The third-order valence-corrected chi connectivity index (χ3v) is 2.50. The number of carbonyl (C=O) groups is 2. The Balaban J connectivity index is 2.14. The molecule has 8 heteroatoms. The minimum atomic E-state index is -4.53. The van der Waals surface area contributed by atoms with Crippen LogP contribution in [0.5, 0.6) is 0 Å². The van der Waals surface area contributed by atoms with Gasteiger partial charge in [-0.1, -0.05) is 17.7 Å². The first kappa shape index (κ1) is 18.0. The van der Waals surface area contributed by atoms with Crippen molar-refractivity contribution in [2.45, 2.75) is 25.9 Å². The van der Waals surface area contributed by atoms with E-state index in [2.05, 4.69) is 10.2 Å². The molecule has 1 aromatic rings. The first-order valence-electron chi connectivity index (χ1n) is 6.49. The Bertz CT molecular complexity index is 500. The summed E-state index contributed by atoms with van der Waals surface area (Å²) < 4.78 is 39.4. The van der Waals surface area contributed by atoms with E-state index >= 15 is 0 Å². The number of ether oxygens (including phenoxy) is 1. The number of rotatable bonds is 7. The van der Waals surface area contributed by atoms with Crippen molar-refractivity contribution < 1.29 is 32.3 Å². The number of esters is 1. The molecule has 0 aliphatic carbocycles. The molecule has 0 atom stereocenters. The van der Waals surface area contributed by atoms with Crippen LogP contribution in [0.4, 0.5) is 13.2 Å². The van der Waals surface area contributed by atoms with Crippen molar-refractivity contribution in [3.8, 4) is 0 Å². The Kier molecular flexibility index (Phi) is 6.84. The molecule has 0 aliphatic heterocycles. The smallest absolute Gasteiger partial charge is 0.422 e. The summed E-state index contributed by atoms with van der Waals surface area (Å²) in [6.07, 6.45) is -4.63. The van der Waals surface area contributed by atoms with Gasteiger partial charge in [0.05, 0.1) is 6.61 Å². The van der Waals surface area contributed by atoms with Gasteiger partial charge in [0.15, 0.2) is 6.61 Å². The second-order valence-electron chi connectivity index (χ2n) is 4.53. The highest BCUT2D eigenvalue weighted by Gasteiger charge is 2.29. The molecule has 0 aromatic heterocycles. The Morgan fingerprint density at radius 3 is 2.41 bits per heavy atom. The monoisotopic (exact) mass is 319 g/mol. The average Bonchev–Trinajstić information content (AvgIpc) is 2.44. The van der Waals surface area contributed by atoms with Crippen LogP contribution in [-0.2, 0) is 14.4 Å². The van der Waals surface area contributed by atoms with Gasteiger partial charge in [0.2, 0.25) is 0 Å². The zero-order valence-electron chi connectivity index (χ0n) is 11.9. The maximum Gasteiger partial charge on any atom is 0.422 e. The fourth-order valence-electron chi connectivity index (χ4n) is 1.40. The lowest BCUT2D eigenvalue weighted by molar-refractivity contribution is -0.186. The lowest BCUT2D eigenvalue weighted by atomic mass is 10.1. The summed E-state index contributed by atoms with van der Waals surface area (Å²) in [5.41, 5.74) is 3.60. The molecule has 122 valence electrons. The Morgan fingerprint density at radius 2 is 1.82 bits per heavy atom. The molecule has 0 saturated carbocycles. The van der Waals surface area contributed by atoms with E-state index < -0.39 is 24.7 Å². The van der Waals surface area contributed by atoms with Crippen molar-refractivity contribution in [1.82, 2.24) is 5.48 Å². The first-order valence-corrected chi connectivity index (χ1v) is 6.49. The number of benzene rings is 1. The van der Waals surface area contributed by atoms with Crippen molar-refractivity contribution >= 4 is 11.9 Å². The van der Waals surface area contributed by atoms with Crippen LogP contribution in [0.1, 0.15) is 28.8 Å². The van der Waals surface area contributed by atoms with Gasteiger partial charge in [0, 0.05) is 12.0 Å². The van der Waals surface area contributed by atoms with Gasteiger partial charge >= 0.3 is 12.1 Å². The molecule has 0 bridgehead atoms. The second-order valence-corrected chi connectivity index (χ2v) is 4.53. The van der Waals surface area contributed by atoms with E-state index in [1.807, 2.05) is 6.92 Å². The summed E-state index contributed by atoms with van der Waals surface area (Å²) in [4.78, 5) is 27.4. The SMILES string of the molecule is Cc1ccc(C(=O)NOCCCC(=O)OCC(F)(F)F)cc1. The van der Waals surface area contributed by atoms with Crippen molar-refractivity contribution in [2.75, 3.05) is 13.2 Å². The fourth-order valence-corrected chi connectivity index (χ4v) is 1.40. The molecule has 0 saturated heterocycles. The zero-order chi connectivity index (χ0) is 16.6. The number of hydrogen-bond acceptors (Lipinski definition) is 4. The van der Waals surface area contributed by atoms with Crippen LogP contribution < -0.4 is 5.48 Å². The molecule has 0 radical (unpaired) electrons.